The van der Waals surface area contributed by atoms with E-state index in [-0.39, 0.29) is 52.9 Å². The SMILES string of the molecule is O=C(O)CC[C@H]1CN(S(=O)(=O)c2cccc(C(F)(F)F)c2)c2cc(-c3noc(-c4ccccc4OC(F)F)n3)ccc2O1. The van der Waals surface area contributed by atoms with Crippen LogP contribution in [0, 0.1) is 0 Å². The molecule has 226 valence electrons. The van der Waals surface area contributed by atoms with E-state index in [1.807, 2.05) is 0 Å². The fourth-order valence-electron chi connectivity index (χ4n) is 4.37. The van der Waals surface area contributed by atoms with Crippen LogP contribution in [-0.4, -0.2) is 48.9 Å². The molecule has 1 N–H and O–H groups in total. The number of para-hydroxylation sites is 1. The fraction of sp³-hybridized carbons (Fsp3) is 0.222. The molecule has 0 spiro atoms. The second kappa shape index (κ2) is 11.5. The first-order valence-corrected chi connectivity index (χ1v) is 13.9. The van der Waals surface area contributed by atoms with E-state index in [1.54, 1.807) is 0 Å². The number of hydrogen-bond acceptors (Lipinski definition) is 8. The minimum absolute atomic E-state index is 0.0142. The number of aromatic nitrogens is 2. The molecule has 0 bridgehead atoms. The Hall–Kier alpha value is -4.73. The zero-order chi connectivity index (χ0) is 30.9. The predicted octanol–water partition coefficient (Wildman–Crippen LogP) is 5.84. The molecule has 1 aliphatic heterocycles. The monoisotopic (exact) mass is 625 g/mol. The Morgan fingerprint density at radius 1 is 1.09 bits per heavy atom. The van der Waals surface area contributed by atoms with Gasteiger partial charge in [0.25, 0.3) is 15.9 Å². The van der Waals surface area contributed by atoms with Crippen molar-refractivity contribution in [2.75, 3.05) is 10.8 Å². The molecule has 3 aromatic carbocycles. The summed E-state index contributed by atoms with van der Waals surface area (Å²) >= 11 is 0. The highest BCUT2D eigenvalue weighted by Gasteiger charge is 2.37. The van der Waals surface area contributed by atoms with Crippen LogP contribution in [0.2, 0.25) is 0 Å². The van der Waals surface area contributed by atoms with Crippen LogP contribution in [0.4, 0.5) is 27.6 Å². The first-order valence-electron chi connectivity index (χ1n) is 12.4. The molecular weight excluding hydrogens is 605 g/mol. The van der Waals surface area contributed by atoms with Crippen LogP contribution >= 0.6 is 0 Å². The second-order valence-electron chi connectivity index (χ2n) is 9.21. The van der Waals surface area contributed by atoms with E-state index in [9.17, 15) is 35.2 Å². The first kappa shape index (κ1) is 29.8. The standard InChI is InChI=1S/C27H20F5N3O7S/c28-26(29)41-21-7-2-1-6-19(21)25-33-24(34-42-25)15-8-10-22-20(12-15)35(14-17(40-22)9-11-23(36)37)43(38,39)18-5-3-4-16(13-18)27(30,31)32/h1-8,10,12-13,17,26H,9,11,14H2,(H,36,37)/t17-/m0/s1. The molecule has 5 rings (SSSR count). The highest BCUT2D eigenvalue weighted by atomic mass is 32.2. The number of halogens is 5. The van der Waals surface area contributed by atoms with Crippen LogP contribution in [0.25, 0.3) is 22.8 Å². The van der Waals surface area contributed by atoms with Crippen molar-refractivity contribution < 1.29 is 54.3 Å². The predicted molar refractivity (Wildman–Crippen MR) is 139 cm³/mol. The van der Waals surface area contributed by atoms with E-state index >= 15 is 0 Å². The Balaban J connectivity index is 1.55. The number of anilines is 1. The number of alkyl halides is 5. The van der Waals surface area contributed by atoms with Crippen molar-refractivity contribution >= 4 is 21.7 Å². The Morgan fingerprint density at radius 2 is 1.86 bits per heavy atom. The maximum absolute atomic E-state index is 13.7. The van der Waals surface area contributed by atoms with Gasteiger partial charge in [0.05, 0.1) is 28.3 Å². The largest absolute Gasteiger partial charge is 0.486 e. The summed E-state index contributed by atoms with van der Waals surface area (Å²) in [6.07, 6.45) is -6.17. The molecular formula is C27H20F5N3O7S. The van der Waals surface area contributed by atoms with Crippen molar-refractivity contribution in [1.29, 1.82) is 0 Å². The number of carboxylic acids is 1. The average Bonchev–Trinajstić information content (AvgIpc) is 3.45. The number of rotatable bonds is 9. The minimum atomic E-state index is -4.80. The summed E-state index contributed by atoms with van der Waals surface area (Å²) in [5.41, 5.74) is -0.987. The Morgan fingerprint density at radius 3 is 2.58 bits per heavy atom. The Kier molecular flexibility index (Phi) is 7.96. The molecule has 2 heterocycles. The van der Waals surface area contributed by atoms with Gasteiger partial charge in [0.15, 0.2) is 0 Å². The summed E-state index contributed by atoms with van der Waals surface area (Å²) in [5, 5.41) is 12.9. The highest BCUT2D eigenvalue weighted by molar-refractivity contribution is 7.92. The fourth-order valence-corrected chi connectivity index (χ4v) is 5.91. The van der Waals surface area contributed by atoms with Crippen molar-refractivity contribution in [3.8, 4) is 34.3 Å². The minimum Gasteiger partial charge on any atom is -0.486 e. The third kappa shape index (κ3) is 6.38. The van der Waals surface area contributed by atoms with E-state index in [0.29, 0.717) is 6.07 Å². The summed E-state index contributed by atoms with van der Waals surface area (Å²) in [5.74, 6) is -1.61. The summed E-state index contributed by atoms with van der Waals surface area (Å²) in [6, 6.07) is 13.0. The summed E-state index contributed by atoms with van der Waals surface area (Å²) in [6.45, 7) is -3.52. The van der Waals surface area contributed by atoms with Gasteiger partial charge in [0, 0.05) is 12.0 Å². The van der Waals surface area contributed by atoms with Gasteiger partial charge in [-0.3, -0.25) is 9.10 Å². The molecule has 1 aromatic heterocycles. The zero-order valence-corrected chi connectivity index (χ0v) is 22.5. The normalized spacial score (nSPS) is 15.2. The molecule has 0 aliphatic carbocycles. The third-order valence-corrected chi connectivity index (χ3v) is 8.11. The molecule has 0 saturated heterocycles. The van der Waals surface area contributed by atoms with Gasteiger partial charge in [0.1, 0.15) is 17.6 Å². The van der Waals surface area contributed by atoms with Crippen LogP contribution in [0.1, 0.15) is 18.4 Å². The molecule has 16 heteroatoms. The quantitative estimate of drug-likeness (QED) is 0.228. The van der Waals surface area contributed by atoms with Crippen LogP contribution in [0.3, 0.4) is 0 Å². The summed E-state index contributed by atoms with van der Waals surface area (Å²) in [4.78, 5) is 14.7. The molecule has 0 saturated carbocycles. The zero-order valence-electron chi connectivity index (χ0n) is 21.7. The molecule has 4 aromatic rings. The van der Waals surface area contributed by atoms with Gasteiger partial charge in [-0.15, -0.1) is 0 Å². The van der Waals surface area contributed by atoms with E-state index in [2.05, 4.69) is 14.9 Å². The molecule has 10 nitrogen and oxygen atoms in total. The van der Waals surface area contributed by atoms with Crippen molar-refractivity contribution in [2.24, 2.45) is 0 Å². The number of carboxylic acid groups (broad SMARTS) is 1. The number of ether oxygens (including phenoxy) is 2. The lowest BCUT2D eigenvalue weighted by atomic mass is 10.1. The lowest BCUT2D eigenvalue weighted by molar-refractivity contribution is -0.138. The maximum Gasteiger partial charge on any atom is 0.416 e. The van der Waals surface area contributed by atoms with Crippen LogP contribution in [0.5, 0.6) is 11.5 Å². The Labute approximate surface area is 240 Å². The first-order chi connectivity index (χ1) is 20.3. The van der Waals surface area contributed by atoms with Crippen LogP contribution < -0.4 is 13.8 Å². The lowest BCUT2D eigenvalue weighted by Crippen LogP contribution is -2.43. The summed E-state index contributed by atoms with van der Waals surface area (Å²) in [7, 11) is -4.63. The number of aliphatic carboxylic acids is 1. The van der Waals surface area contributed by atoms with Gasteiger partial charge in [-0.25, -0.2) is 8.42 Å². The molecule has 0 radical (unpaired) electrons. The molecule has 0 fully saturated rings. The molecule has 0 amide bonds. The van der Waals surface area contributed by atoms with E-state index in [1.165, 1.54) is 42.5 Å². The van der Waals surface area contributed by atoms with Gasteiger partial charge in [-0.05, 0) is 55.0 Å². The van der Waals surface area contributed by atoms with Crippen molar-refractivity contribution in [2.45, 2.75) is 36.6 Å². The van der Waals surface area contributed by atoms with Crippen molar-refractivity contribution in [3.63, 3.8) is 0 Å². The lowest BCUT2D eigenvalue weighted by Gasteiger charge is -2.35. The maximum atomic E-state index is 13.7. The van der Waals surface area contributed by atoms with Crippen molar-refractivity contribution in [3.05, 3.63) is 72.3 Å². The second-order valence-corrected chi connectivity index (χ2v) is 11.1. The van der Waals surface area contributed by atoms with Gasteiger partial charge < -0.3 is 19.1 Å². The topological polar surface area (TPSA) is 132 Å². The number of nitrogens with zero attached hydrogens (tertiary/aromatic N) is 3. The molecule has 0 unspecified atom stereocenters. The van der Waals surface area contributed by atoms with E-state index in [0.717, 1.165) is 22.5 Å². The summed E-state index contributed by atoms with van der Waals surface area (Å²) < 4.78 is 110. The van der Waals surface area contributed by atoms with Gasteiger partial charge in [-0.2, -0.15) is 26.9 Å². The number of fused-ring (bicyclic) bond motifs is 1. The van der Waals surface area contributed by atoms with Crippen LogP contribution in [-0.2, 0) is 21.0 Å². The number of benzene rings is 3. The van der Waals surface area contributed by atoms with E-state index in [4.69, 9.17) is 14.4 Å². The Bertz CT molecular complexity index is 1760. The van der Waals surface area contributed by atoms with Gasteiger partial charge in [0.2, 0.25) is 5.82 Å². The van der Waals surface area contributed by atoms with Gasteiger partial charge in [-0.1, -0.05) is 23.4 Å². The van der Waals surface area contributed by atoms with E-state index < -0.39 is 51.9 Å². The number of hydrogen-bond donors (Lipinski definition) is 1. The smallest absolute Gasteiger partial charge is 0.416 e. The molecule has 1 aliphatic rings. The van der Waals surface area contributed by atoms with Crippen LogP contribution in [0.15, 0.2) is 76.1 Å². The number of carbonyl (C=O) groups is 1. The van der Waals surface area contributed by atoms with Crippen molar-refractivity contribution in [1.82, 2.24) is 10.1 Å². The molecule has 1 atom stereocenters. The number of sulfonamides is 1. The average molecular weight is 626 g/mol. The van der Waals surface area contributed by atoms with Gasteiger partial charge >= 0.3 is 18.8 Å². The third-order valence-electron chi connectivity index (χ3n) is 6.34. The highest BCUT2D eigenvalue weighted by Crippen LogP contribution is 2.41. The molecule has 43 heavy (non-hydrogen) atoms.